The molecule has 1 aliphatic rings. The van der Waals surface area contributed by atoms with Crippen molar-refractivity contribution in [3.05, 3.63) is 68.3 Å². The predicted octanol–water partition coefficient (Wildman–Crippen LogP) is 3.54. The van der Waals surface area contributed by atoms with Gasteiger partial charge in [0.05, 0.1) is 15.9 Å². The lowest BCUT2D eigenvalue weighted by atomic mass is 10.1. The lowest BCUT2D eigenvalue weighted by molar-refractivity contribution is -0.393. The van der Waals surface area contributed by atoms with Crippen molar-refractivity contribution in [2.24, 2.45) is 0 Å². The zero-order valence-corrected chi connectivity index (χ0v) is 16.4. The molecule has 0 spiro atoms. The minimum Gasteiger partial charge on any atom is -0.379 e. The first-order chi connectivity index (χ1) is 14.5. The van der Waals surface area contributed by atoms with E-state index in [0.717, 1.165) is 24.6 Å². The van der Waals surface area contributed by atoms with Gasteiger partial charge in [-0.1, -0.05) is 30.3 Å². The van der Waals surface area contributed by atoms with Gasteiger partial charge in [0, 0.05) is 32.6 Å². The topological polar surface area (TPSA) is 131 Å². The minimum absolute atomic E-state index is 0.128. The van der Waals surface area contributed by atoms with Gasteiger partial charge in [-0.3, -0.25) is 25.0 Å². The molecular weight excluding hydrogens is 390 g/mol. The van der Waals surface area contributed by atoms with Crippen LogP contribution in [0.2, 0.25) is 0 Å². The number of hydrogen-bond acceptors (Lipinski definition) is 7. The Morgan fingerprint density at radius 1 is 0.967 bits per heavy atom. The van der Waals surface area contributed by atoms with Gasteiger partial charge in [-0.2, -0.15) is 0 Å². The summed E-state index contributed by atoms with van der Waals surface area (Å²) >= 11 is 0. The molecule has 0 aromatic heterocycles. The molecule has 0 bridgehead atoms. The Labute approximate surface area is 173 Å². The SMILES string of the molecule is O=C1CCCN1CCCNc1cc(NCc2ccccc2)c([N+](=O)[O-])cc1[N+](=O)[O-]. The number of hydrogen-bond donors (Lipinski definition) is 2. The molecule has 10 heteroatoms. The molecule has 2 aromatic rings. The van der Waals surface area contributed by atoms with Crippen molar-refractivity contribution in [1.29, 1.82) is 0 Å². The normalized spacial score (nSPS) is 13.3. The van der Waals surface area contributed by atoms with Crippen molar-refractivity contribution in [1.82, 2.24) is 4.90 Å². The van der Waals surface area contributed by atoms with E-state index < -0.39 is 9.85 Å². The van der Waals surface area contributed by atoms with Gasteiger partial charge < -0.3 is 15.5 Å². The van der Waals surface area contributed by atoms with Crippen LogP contribution in [0, 0.1) is 20.2 Å². The number of nitro benzene ring substituents is 2. The van der Waals surface area contributed by atoms with Crippen LogP contribution < -0.4 is 10.6 Å². The van der Waals surface area contributed by atoms with Gasteiger partial charge in [0.15, 0.2) is 0 Å². The first kappa shape index (κ1) is 21.0. The van der Waals surface area contributed by atoms with Gasteiger partial charge in [0.1, 0.15) is 11.4 Å². The maximum atomic E-state index is 11.7. The fraction of sp³-hybridized carbons (Fsp3) is 0.350. The Bertz CT molecular complexity index is 935. The molecule has 10 nitrogen and oxygen atoms in total. The number of likely N-dealkylation sites (tertiary alicyclic amines) is 1. The molecule has 0 radical (unpaired) electrons. The summed E-state index contributed by atoms with van der Waals surface area (Å²) in [6.07, 6.45) is 2.04. The predicted molar refractivity (Wildman–Crippen MR) is 112 cm³/mol. The van der Waals surface area contributed by atoms with Crippen molar-refractivity contribution >= 4 is 28.7 Å². The van der Waals surface area contributed by atoms with Crippen LogP contribution in [-0.2, 0) is 11.3 Å². The number of nitrogens with one attached hydrogen (secondary N) is 2. The summed E-state index contributed by atoms with van der Waals surface area (Å²) in [5.74, 6) is 0.128. The molecule has 1 saturated heterocycles. The van der Waals surface area contributed by atoms with E-state index in [1.54, 1.807) is 4.90 Å². The molecule has 158 valence electrons. The van der Waals surface area contributed by atoms with Crippen LogP contribution in [-0.4, -0.2) is 40.3 Å². The van der Waals surface area contributed by atoms with E-state index in [1.165, 1.54) is 6.07 Å². The Hall–Kier alpha value is -3.69. The Morgan fingerprint density at radius 2 is 1.63 bits per heavy atom. The van der Waals surface area contributed by atoms with Gasteiger partial charge >= 0.3 is 0 Å². The van der Waals surface area contributed by atoms with Crippen LogP contribution in [0.5, 0.6) is 0 Å². The van der Waals surface area contributed by atoms with E-state index in [4.69, 9.17) is 0 Å². The van der Waals surface area contributed by atoms with Crippen LogP contribution in [0.25, 0.3) is 0 Å². The Kier molecular flexibility index (Phi) is 6.79. The largest absolute Gasteiger partial charge is 0.379 e. The van der Waals surface area contributed by atoms with Crippen LogP contribution >= 0.6 is 0 Å². The van der Waals surface area contributed by atoms with Crippen LogP contribution in [0.1, 0.15) is 24.8 Å². The molecule has 30 heavy (non-hydrogen) atoms. The van der Waals surface area contributed by atoms with Gasteiger partial charge in [0.2, 0.25) is 5.91 Å². The molecule has 2 N–H and O–H groups in total. The number of benzene rings is 2. The maximum absolute atomic E-state index is 11.7. The molecular formula is C20H23N5O5. The van der Waals surface area contributed by atoms with E-state index >= 15 is 0 Å². The molecule has 0 aliphatic carbocycles. The summed E-state index contributed by atoms with van der Waals surface area (Å²) in [5, 5.41) is 28.9. The third-order valence-corrected chi connectivity index (χ3v) is 4.92. The lowest BCUT2D eigenvalue weighted by Gasteiger charge is -2.16. The highest BCUT2D eigenvalue weighted by molar-refractivity contribution is 5.78. The van der Waals surface area contributed by atoms with E-state index in [2.05, 4.69) is 10.6 Å². The highest BCUT2D eigenvalue weighted by atomic mass is 16.6. The second-order valence-electron chi connectivity index (χ2n) is 7.00. The zero-order chi connectivity index (χ0) is 21.5. The van der Waals surface area contributed by atoms with Crippen molar-refractivity contribution in [2.75, 3.05) is 30.3 Å². The molecule has 0 atom stereocenters. The molecule has 1 aliphatic heterocycles. The molecule has 2 aromatic carbocycles. The summed E-state index contributed by atoms with van der Waals surface area (Å²) < 4.78 is 0. The Morgan fingerprint density at radius 3 is 2.23 bits per heavy atom. The fourth-order valence-electron chi connectivity index (χ4n) is 3.39. The van der Waals surface area contributed by atoms with Crippen LogP contribution in [0.3, 0.4) is 0 Å². The standard InChI is InChI=1S/C20H23N5O5/c26-20-8-4-10-23(20)11-5-9-21-16-12-17(22-14-15-6-2-1-3-7-15)19(25(29)30)13-18(16)24(27)28/h1-3,6-7,12-13,21-22H,4-5,8-11,14H2. The average molecular weight is 413 g/mol. The maximum Gasteiger partial charge on any atom is 0.299 e. The summed E-state index contributed by atoms with van der Waals surface area (Å²) in [5.41, 5.74) is 0.616. The summed E-state index contributed by atoms with van der Waals surface area (Å²) in [6, 6.07) is 11.7. The monoisotopic (exact) mass is 413 g/mol. The molecule has 1 amide bonds. The lowest BCUT2D eigenvalue weighted by Crippen LogP contribution is -2.27. The molecule has 3 rings (SSSR count). The molecule has 1 heterocycles. The molecule has 0 saturated carbocycles. The minimum atomic E-state index is -0.639. The van der Waals surface area contributed by atoms with Crippen molar-refractivity contribution in [3.8, 4) is 0 Å². The third kappa shape index (κ3) is 5.22. The zero-order valence-electron chi connectivity index (χ0n) is 16.4. The number of amides is 1. The van der Waals surface area contributed by atoms with Crippen molar-refractivity contribution < 1.29 is 14.6 Å². The van der Waals surface area contributed by atoms with Gasteiger partial charge in [-0.15, -0.1) is 0 Å². The smallest absolute Gasteiger partial charge is 0.299 e. The van der Waals surface area contributed by atoms with E-state index in [-0.39, 0.29) is 28.7 Å². The summed E-state index contributed by atoms with van der Waals surface area (Å²) in [6.45, 7) is 2.06. The van der Waals surface area contributed by atoms with Gasteiger partial charge in [-0.05, 0) is 24.5 Å². The van der Waals surface area contributed by atoms with Crippen molar-refractivity contribution in [2.45, 2.75) is 25.8 Å². The highest BCUT2D eigenvalue weighted by Crippen LogP contribution is 2.36. The average Bonchev–Trinajstić information content (AvgIpc) is 3.14. The second kappa shape index (κ2) is 9.68. The van der Waals surface area contributed by atoms with Gasteiger partial charge in [-0.25, -0.2) is 0 Å². The first-order valence-corrected chi connectivity index (χ1v) is 9.72. The number of nitro groups is 2. The fourth-order valence-corrected chi connectivity index (χ4v) is 3.39. The van der Waals surface area contributed by atoms with Crippen molar-refractivity contribution in [3.63, 3.8) is 0 Å². The second-order valence-corrected chi connectivity index (χ2v) is 7.00. The van der Waals surface area contributed by atoms with E-state index in [1.807, 2.05) is 30.3 Å². The summed E-state index contributed by atoms with van der Waals surface area (Å²) in [7, 11) is 0. The summed E-state index contributed by atoms with van der Waals surface area (Å²) in [4.78, 5) is 35.0. The third-order valence-electron chi connectivity index (χ3n) is 4.92. The van der Waals surface area contributed by atoms with E-state index in [9.17, 15) is 25.0 Å². The number of carbonyl (C=O) groups is 1. The number of rotatable bonds is 10. The first-order valence-electron chi connectivity index (χ1n) is 9.72. The quantitative estimate of drug-likeness (QED) is 0.346. The van der Waals surface area contributed by atoms with Crippen LogP contribution in [0.15, 0.2) is 42.5 Å². The van der Waals surface area contributed by atoms with Crippen LogP contribution in [0.4, 0.5) is 22.7 Å². The molecule has 1 fully saturated rings. The Balaban J connectivity index is 1.73. The van der Waals surface area contributed by atoms with E-state index in [0.29, 0.717) is 32.5 Å². The highest BCUT2D eigenvalue weighted by Gasteiger charge is 2.25. The number of anilines is 2. The number of carbonyl (C=O) groups excluding carboxylic acids is 1. The number of nitrogens with zero attached hydrogens (tertiary/aromatic N) is 3. The molecule has 0 unspecified atom stereocenters. The van der Waals surface area contributed by atoms with Gasteiger partial charge in [0.25, 0.3) is 11.4 Å².